The van der Waals surface area contributed by atoms with Crippen LogP contribution in [-0.2, 0) is 0 Å². The molecule has 0 radical (unpaired) electrons. The Kier molecular flexibility index (Phi) is 4.81. The van der Waals surface area contributed by atoms with Crippen LogP contribution in [0.4, 0.5) is 0 Å². The summed E-state index contributed by atoms with van der Waals surface area (Å²) in [5.41, 5.74) is 0. The molecule has 0 spiro atoms. The number of rotatable bonds is 4. The number of hydrogen-bond donors (Lipinski definition) is 1. The maximum Gasteiger partial charge on any atom is 0.280 e. The molecule has 126 valence electrons. The van der Waals surface area contributed by atoms with Crippen molar-refractivity contribution in [2.75, 3.05) is 19.6 Å². The molecule has 3 saturated heterocycles. The molecule has 1 amide bonds. The number of benzene rings is 1. The van der Waals surface area contributed by atoms with E-state index in [1.165, 1.54) is 37.3 Å². The predicted molar refractivity (Wildman–Crippen MR) is 98.1 cm³/mol. The van der Waals surface area contributed by atoms with Gasteiger partial charge in [-0.3, -0.25) is 4.79 Å². The van der Waals surface area contributed by atoms with Crippen molar-refractivity contribution in [3.8, 4) is 0 Å². The average molecular weight is 380 g/mol. The van der Waals surface area contributed by atoms with Crippen molar-refractivity contribution in [2.24, 2.45) is 5.92 Å². The molecule has 1 N–H and O–H groups in total. The molecule has 4 nitrogen and oxygen atoms in total. The molecule has 3 fully saturated rings. The van der Waals surface area contributed by atoms with E-state index in [2.05, 4.69) is 15.2 Å². The molecule has 2 aromatic rings. The van der Waals surface area contributed by atoms with Gasteiger partial charge < -0.3 is 10.2 Å². The van der Waals surface area contributed by atoms with Gasteiger partial charge in [-0.2, -0.15) is 0 Å². The third-order valence-corrected chi connectivity index (χ3v) is 7.04. The Morgan fingerprint density at radius 2 is 2.04 bits per heavy atom. The monoisotopic (exact) mass is 379 g/mol. The van der Waals surface area contributed by atoms with E-state index in [9.17, 15) is 4.79 Å². The fourth-order valence-corrected chi connectivity index (χ4v) is 5.37. The van der Waals surface area contributed by atoms with Crippen molar-refractivity contribution in [1.82, 2.24) is 15.2 Å². The second-order valence-corrected chi connectivity index (χ2v) is 9.10. The minimum atomic E-state index is -0.0401. The number of nitrogens with one attached hydrogen (secondary N) is 1. The largest absolute Gasteiger partial charge is 0.346 e. The maximum absolute atomic E-state index is 12.5. The second kappa shape index (κ2) is 7.04. The summed E-state index contributed by atoms with van der Waals surface area (Å²) in [7, 11) is 0. The van der Waals surface area contributed by atoms with Gasteiger partial charge in [0.2, 0.25) is 0 Å². The fraction of sp³-hybridized carbons (Fsp3) is 0.412. The Balaban J connectivity index is 1.39. The molecular formula is C17H18ClN3OS2. The van der Waals surface area contributed by atoms with E-state index < -0.39 is 0 Å². The van der Waals surface area contributed by atoms with Crippen molar-refractivity contribution >= 4 is 40.6 Å². The molecule has 3 aliphatic rings. The number of piperidine rings is 3. The Bertz CT molecular complexity index is 726. The molecule has 0 saturated carbocycles. The van der Waals surface area contributed by atoms with E-state index in [1.54, 1.807) is 18.0 Å². The van der Waals surface area contributed by atoms with E-state index in [0.29, 0.717) is 10.9 Å². The average Bonchev–Trinajstić information content (AvgIpc) is 3.07. The Morgan fingerprint density at radius 3 is 2.71 bits per heavy atom. The summed E-state index contributed by atoms with van der Waals surface area (Å²) in [6, 6.07) is 7.95. The summed E-state index contributed by atoms with van der Waals surface area (Å²) in [4.78, 5) is 20.3. The van der Waals surface area contributed by atoms with Crippen molar-refractivity contribution in [1.29, 1.82) is 0 Å². The number of thiazole rings is 1. The highest BCUT2D eigenvalue weighted by Gasteiger charge is 2.35. The lowest BCUT2D eigenvalue weighted by Gasteiger charge is -2.44. The van der Waals surface area contributed by atoms with E-state index in [-0.39, 0.29) is 11.9 Å². The van der Waals surface area contributed by atoms with Crippen LogP contribution in [0.25, 0.3) is 0 Å². The lowest BCUT2D eigenvalue weighted by atomic mass is 9.84. The van der Waals surface area contributed by atoms with Gasteiger partial charge >= 0.3 is 0 Å². The zero-order valence-corrected chi connectivity index (χ0v) is 15.5. The van der Waals surface area contributed by atoms with Crippen LogP contribution in [0.3, 0.4) is 0 Å². The topological polar surface area (TPSA) is 45.2 Å². The highest BCUT2D eigenvalue weighted by atomic mass is 35.5. The molecule has 3 aliphatic heterocycles. The molecule has 1 aromatic heterocycles. The van der Waals surface area contributed by atoms with Crippen LogP contribution in [0, 0.1) is 5.92 Å². The predicted octanol–water partition coefficient (Wildman–Crippen LogP) is 3.77. The fourth-order valence-electron chi connectivity index (χ4n) is 3.39. The Labute approximate surface area is 154 Å². The smallest absolute Gasteiger partial charge is 0.280 e. The Morgan fingerprint density at radius 1 is 1.29 bits per heavy atom. The molecule has 7 heteroatoms. The van der Waals surface area contributed by atoms with Gasteiger partial charge in [0.15, 0.2) is 5.01 Å². The minimum absolute atomic E-state index is 0.0401. The summed E-state index contributed by atoms with van der Waals surface area (Å²) in [6.07, 6.45) is 4.16. The lowest BCUT2D eigenvalue weighted by Crippen LogP contribution is -2.57. The van der Waals surface area contributed by atoms with Crippen molar-refractivity contribution in [3.05, 3.63) is 40.5 Å². The first-order valence-corrected chi connectivity index (χ1v) is 10.1. The first kappa shape index (κ1) is 16.4. The number of nitrogens with zero attached hydrogens (tertiary/aromatic N) is 2. The van der Waals surface area contributed by atoms with Gasteiger partial charge in [0.1, 0.15) is 0 Å². The van der Waals surface area contributed by atoms with Crippen LogP contribution >= 0.6 is 34.7 Å². The van der Waals surface area contributed by atoms with Crippen molar-refractivity contribution in [3.63, 3.8) is 0 Å². The highest BCUT2D eigenvalue weighted by Crippen LogP contribution is 2.33. The molecule has 24 heavy (non-hydrogen) atoms. The summed E-state index contributed by atoms with van der Waals surface area (Å²) in [5.74, 6) is 0.587. The number of carbonyl (C=O) groups is 1. The molecular weight excluding hydrogens is 362 g/mol. The number of hydrogen-bond acceptors (Lipinski definition) is 5. The van der Waals surface area contributed by atoms with Gasteiger partial charge in [0, 0.05) is 22.5 Å². The standard InChI is InChI=1S/C17H18ClN3OS2/c18-12-1-3-13(4-2-12)23-15-9-19-17(24-15)16(22)20-14-10-21-7-5-11(14)6-8-21/h1-4,9,11,14H,5-8,10H2,(H,20,22)/t14-/m0/s1. The molecule has 2 bridgehead atoms. The van der Waals surface area contributed by atoms with Crippen molar-refractivity contribution in [2.45, 2.75) is 28.0 Å². The number of fused-ring (bicyclic) bond motifs is 3. The molecule has 0 unspecified atom stereocenters. The second-order valence-electron chi connectivity index (χ2n) is 6.26. The van der Waals surface area contributed by atoms with Crippen LogP contribution in [0.1, 0.15) is 22.6 Å². The summed E-state index contributed by atoms with van der Waals surface area (Å²) in [6.45, 7) is 3.33. The van der Waals surface area contributed by atoms with E-state index >= 15 is 0 Å². The molecule has 0 aliphatic carbocycles. The summed E-state index contributed by atoms with van der Waals surface area (Å²) < 4.78 is 1.01. The van der Waals surface area contributed by atoms with E-state index in [1.807, 2.05) is 24.3 Å². The van der Waals surface area contributed by atoms with E-state index in [4.69, 9.17) is 11.6 Å². The minimum Gasteiger partial charge on any atom is -0.346 e. The van der Waals surface area contributed by atoms with Gasteiger partial charge in [0.05, 0.1) is 10.4 Å². The highest BCUT2D eigenvalue weighted by molar-refractivity contribution is 8.01. The first-order chi connectivity index (χ1) is 11.7. The third kappa shape index (κ3) is 3.61. The summed E-state index contributed by atoms with van der Waals surface area (Å²) >= 11 is 8.95. The van der Waals surface area contributed by atoms with Gasteiger partial charge in [-0.25, -0.2) is 4.98 Å². The van der Waals surface area contributed by atoms with Crippen molar-refractivity contribution < 1.29 is 4.79 Å². The number of amides is 1. The molecule has 5 rings (SSSR count). The molecule has 1 aromatic carbocycles. The van der Waals surface area contributed by atoms with Crippen LogP contribution in [-0.4, -0.2) is 41.5 Å². The van der Waals surface area contributed by atoms with Crippen LogP contribution < -0.4 is 5.32 Å². The number of carbonyl (C=O) groups excluding carboxylic acids is 1. The van der Waals surface area contributed by atoms with E-state index in [0.717, 1.165) is 20.7 Å². The van der Waals surface area contributed by atoms with Gasteiger partial charge in [-0.15, -0.1) is 11.3 Å². The van der Waals surface area contributed by atoms with Crippen LogP contribution in [0.2, 0.25) is 5.02 Å². The quantitative estimate of drug-likeness (QED) is 0.878. The van der Waals surface area contributed by atoms with Crippen LogP contribution in [0.5, 0.6) is 0 Å². The number of aromatic nitrogens is 1. The van der Waals surface area contributed by atoms with Gasteiger partial charge in [-0.1, -0.05) is 23.4 Å². The molecule has 4 heterocycles. The number of halogens is 1. The zero-order chi connectivity index (χ0) is 16.5. The summed E-state index contributed by atoms with van der Waals surface area (Å²) in [5, 5.41) is 4.46. The van der Waals surface area contributed by atoms with Crippen LogP contribution in [0.15, 0.2) is 39.6 Å². The Hall–Kier alpha value is -1.08. The SMILES string of the molecule is O=C(N[C@H]1CN2CCC1CC2)c1ncc(Sc2ccc(Cl)cc2)s1. The maximum atomic E-state index is 12.5. The van der Waals surface area contributed by atoms with Gasteiger partial charge in [0.25, 0.3) is 5.91 Å². The first-order valence-electron chi connectivity index (χ1n) is 8.10. The normalized spacial score (nSPS) is 25.6. The zero-order valence-electron chi connectivity index (χ0n) is 13.1. The third-order valence-electron chi connectivity index (χ3n) is 4.68. The lowest BCUT2D eigenvalue weighted by molar-refractivity contribution is 0.0620. The molecule has 1 atom stereocenters. The van der Waals surface area contributed by atoms with Gasteiger partial charge in [-0.05, 0) is 56.1 Å².